The van der Waals surface area contributed by atoms with E-state index in [4.69, 9.17) is 9.84 Å². The number of rotatable bonds is 6. The Hall–Kier alpha value is -2.61. The number of hydrogen-bond acceptors (Lipinski definition) is 4. The molecule has 1 amide bonds. The summed E-state index contributed by atoms with van der Waals surface area (Å²) >= 11 is 0. The highest BCUT2D eigenvalue weighted by Gasteiger charge is 2.35. The van der Waals surface area contributed by atoms with Gasteiger partial charge < -0.3 is 15.2 Å². The van der Waals surface area contributed by atoms with E-state index in [-0.39, 0.29) is 19.8 Å². The number of pyridine rings is 1. The van der Waals surface area contributed by atoms with Gasteiger partial charge in [0.05, 0.1) is 12.2 Å². The monoisotopic (exact) mass is 340 g/mol. The lowest BCUT2D eigenvalue weighted by atomic mass is 10.1. The Labute approximate surface area is 136 Å². The van der Waals surface area contributed by atoms with Gasteiger partial charge in [-0.25, -0.2) is 0 Å². The zero-order valence-corrected chi connectivity index (χ0v) is 12.5. The average Bonchev–Trinajstić information content (AvgIpc) is 2.57. The lowest BCUT2D eigenvalue weighted by Crippen LogP contribution is -2.27. The first-order valence-electron chi connectivity index (χ1n) is 7.05. The molecule has 2 N–H and O–H groups in total. The van der Waals surface area contributed by atoms with Crippen LogP contribution in [0.4, 0.5) is 13.2 Å². The molecule has 8 heteroatoms. The molecule has 1 aromatic heterocycles. The van der Waals surface area contributed by atoms with Gasteiger partial charge in [0, 0.05) is 18.3 Å². The summed E-state index contributed by atoms with van der Waals surface area (Å²) in [7, 11) is 0. The lowest BCUT2D eigenvalue weighted by Gasteiger charge is -2.13. The van der Waals surface area contributed by atoms with Gasteiger partial charge in [0.1, 0.15) is 18.1 Å². The summed E-state index contributed by atoms with van der Waals surface area (Å²) in [5, 5.41) is 11.2. The molecule has 1 aromatic carbocycles. The molecule has 0 unspecified atom stereocenters. The van der Waals surface area contributed by atoms with Crippen LogP contribution in [0.25, 0.3) is 0 Å². The molecule has 1 heterocycles. The number of amides is 1. The van der Waals surface area contributed by atoms with Gasteiger partial charge in [-0.3, -0.25) is 9.78 Å². The molecule has 0 aliphatic carbocycles. The number of alkyl halides is 3. The molecule has 0 bridgehead atoms. The first-order chi connectivity index (χ1) is 11.4. The molecular weight excluding hydrogens is 325 g/mol. The van der Waals surface area contributed by atoms with Crippen LogP contribution in [0.2, 0.25) is 0 Å². The zero-order valence-electron chi connectivity index (χ0n) is 12.5. The molecule has 0 aliphatic heterocycles. The summed E-state index contributed by atoms with van der Waals surface area (Å²) in [5.41, 5.74) is -1.20. The highest BCUT2D eigenvalue weighted by Crippen LogP contribution is 2.31. The number of aliphatic hydroxyl groups excluding tert-OH is 1. The molecule has 24 heavy (non-hydrogen) atoms. The highest BCUT2D eigenvalue weighted by molar-refractivity contribution is 5.93. The van der Waals surface area contributed by atoms with Crippen molar-refractivity contribution in [2.75, 3.05) is 13.2 Å². The Balaban J connectivity index is 2.13. The Morgan fingerprint density at radius 1 is 1.21 bits per heavy atom. The maximum atomic E-state index is 12.9. The summed E-state index contributed by atoms with van der Waals surface area (Å²) in [6.07, 6.45) is -3.54. The topological polar surface area (TPSA) is 71.5 Å². The van der Waals surface area contributed by atoms with Gasteiger partial charge in [-0.1, -0.05) is 18.2 Å². The number of nitrogens with zero attached hydrogens (tertiary/aromatic N) is 1. The maximum Gasteiger partial charge on any atom is 0.418 e. The van der Waals surface area contributed by atoms with Crippen LogP contribution in [0.3, 0.4) is 0 Å². The van der Waals surface area contributed by atoms with Gasteiger partial charge in [-0.05, 0) is 18.2 Å². The quantitative estimate of drug-likeness (QED) is 0.847. The number of aromatic nitrogens is 1. The summed E-state index contributed by atoms with van der Waals surface area (Å²) in [4.78, 5) is 15.6. The molecule has 2 rings (SSSR count). The number of halogens is 3. The predicted molar refractivity (Wildman–Crippen MR) is 79.4 cm³/mol. The fourth-order valence-corrected chi connectivity index (χ4v) is 2.02. The average molecular weight is 340 g/mol. The van der Waals surface area contributed by atoms with Crippen LogP contribution >= 0.6 is 0 Å². The number of para-hydroxylation sites is 1. The van der Waals surface area contributed by atoms with Crippen molar-refractivity contribution in [3.8, 4) is 5.75 Å². The van der Waals surface area contributed by atoms with Crippen LogP contribution in [0.5, 0.6) is 5.75 Å². The van der Waals surface area contributed by atoms with E-state index in [1.54, 1.807) is 24.3 Å². The highest BCUT2D eigenvalue weighted by atomic mass is 19.4. The molecule has 0 saturated heterocycles. The molecular formula is C16H15F3N2O3. The second-order valence-corrected chi connectivity index (χ2v) is 4.76. The SMILES string of the molecule is O=C(NCc1ccccc1OCCO)c1ncccc1C(F)(F)F. The molecule has 0 atom stereocenters. The zero-order chi connectivity index (χ0) is 17.6. The van der Waals surface area contributed by atoms with Gasteiger partial charge in [0.2, 0.25) is 0 Å². The molecule has 0 fully saturated rings. The van der Waals surface area contributed by atoms with E-state index in [0.29, 0.717) is 11.3 Å². The van der Waals surface area contributed by atoms with E-state index in [1.165, 1.54) is 0 Å². The molecule has 0 aliphatic rings. The molecule has 5 nitrogen and oxygen atoms in total. The number of benzene rings is 1. The largest absolute Gasteiger partial charge is 0.491 e. The summed E-state index contributed by atoms with van der Waals surface area (Å²) < 4.78 is 44.0. The van der Waals surface area contributed by atoms with Crippen molar-refractivity contribution in [2.24, 2.45) is 0 Å². The fraction of sp³-hybridized carbons (Fsp3) is 0.250. The third-order valence-electron chi connectivity index (χ3n) is 3.09. The molecule has 0 radical (unpaired) electrons. The second-order valence-electron chi connectivity index (χ2n) is 4.76. The van der Waals surface area contributed by atoms with Crippen molar-refractivity contribution < 1.29 is 27.8 Å². The van der Waals surface area contributed by atoms with Gasteiger partial charge in [-0.15, -0.1) is 0 Å². The standard InChI is InChI=1S/C16H15F3N2O3/c17-16(18,19)12-5-3-7-20-14(12)15(23)21-10-11-4-1-2-6-13(11)24-9-8-22/h1-7,22H,8-10H2,(H,21,23). The number of nitrogens with one attached hydrogen (secondary N) is 1. The van der Waals surface area contributed by atoms with Gasteiger partial charge in [-0.2, -0.15) is 13.2 Å². The third kappa shape index (κ3) is 4.45. The summed E-state index contributed by atoms with van der Waals surface area (Å²) in [6, 6.07) is 8.64. The number of hydrogen-bond donors (Lipinski definition) is 2. The lowest BCUT2D eigenvalue weighted by molar-refractivity contribution is -0.138. The smallest absolute Gasteiger partial charge is 0.418 e. The van der Waals surface area contributed by atoms with Crippen LogP contribution in [0.1, 0.15) is 21.6 Å². The molecule has 128 valence electrons. The van der Waals surface area contributed by atoms with E-state index in [1.807, 2.05) is 0 Å². The Bertz CT molecular complexity index is 705. The van der Waals surface area contributed by atoms with Crippen LogP contribution in [0, 0.1) is 0 Å². The van der Waals surface area contributed by atoms with E-state index in [0.717, 1.165) is 18.3 Å². The number of carbonyl (C=O) groups excluding carboxylic acids is 1. The van der Waals surface area contributed by atoms with Crippen molar-refractivity contribution in [1.82, 2.24) is 10.3 Å². The Kier molecular flexibility index (Phi) is 5.75. The third-order valence-corrected chi connectivity index (χ3v) is 3.09. The second kappa shape index (κ2) is 7.78. The van der Waals surface area contributed by atoms with Crippen LogP contribution in [-0.4, -0.2) is 29.2 Å². The van der Waals surface area contributed by atoms with Crippen LogP contribution in [0.15, 0.2) is 42.6 Å². The minimum atomic E-state index is -4.66. The van der Waals surface area contributed by atoms with E-state index in [2.05, 4.69) is 10.3 Å². The first kappa shape index (κ1) is 17.7. The Morgan fingerprint density at radius 2 is 1.96 bits per heavy atom. The van der Waals surface area contributed by atoms with Crippen LogP contribution < -0.4 is 10.1 Å². The van der Waals surface area contributed by atoms with E-state index in [9.17, 15) is 18.0 Å². The summed E-state index contributed by atoms with van der Waals surface area (Å²) in [6.45, 7) is -0.138. The first-order valence-corrected chi connectivity index (χ1v) is 7.05. The van der Waals surface area contributed by atoms with Crippen molar-refractivity contribution in [2.45, 2.75) is 12.7 Å². The number of ether oxygens (including phenoxy) is 1. The fourth-order valence-electron chi connectivity index (χ4n) is 2.02. The minimum Gasteiger partial charge on any atom is -0.491 e. The van der Waals surface area contributed by atoms with E-state index >= 15 is 0 Å². The normalized spacial score (nSPS) is 11.2. The number of carbonyl (C=O) groups is 1. The van der Waals surface area contributed by atoms with Crippen molar-refractivity contribution in [3.05, 3.63) is 59.4 Å². The molecule has 0 saturated carbocycles. The number of aliphatic hydroxyl groups is 1. The van der Waals surface area contributed by atoms with Crippen molar-refractivity contribution in [3.63, 3.8) is 0 Å². The van der Waals surface area contributed by atoms with Gasteiger partial charge in [0.25, 0.3) is 5.91 Å². The molecule has 0 spiro atoms. The van der Waals surface area contributed by atoms with Gasteiger partial charge >= 0.3 is 6.18 Å². The summed E-state index contributed by atoms with van der Waals surface area (Å²) in [5.74, 6) is -0.496. The maximum absolute atomic E-state index is 12.9. The Morgan fingerprint density at radius 3 is 2.67 bits per heavy atom. The minimum absolute atomic E-state index is 0.0334. The van der Waals surface area contributed by atoms with Crippen molar-refractivity contribution in [1.29, 1.82) is 0 Å². The van der Waals surface area contributed by atoms with Crippen LogP contribution in [-0.2, 0) is 12.7 Å². The van der Waals surface area contributed by atoms with E-state index < -0.39 is 23.3 Å². The van der Waals surface area contributed by atoms with Gasteiger partial charge in [0.15, 0.2) is 0 Å². The molecule has 2 aromatic rings. The van der Waals surface area contributed by atoms with Crippen molar-refractivity contribution >= 4 is 5.91 Å². The predicted octanol–water partition coefficient (Wildman–Crippen LogP) is 2.40.